The van der Waals surface area contributed by atoms with Crippen LogP contribution in [0.5, 0.6) is 0 Å². The zero-order valence-corrected chi connectivity index (χ0v) is 15.3. The number of carbonyl (C=O) groups excluding carboxylic acids is 1. The van der Waals surface area contributed by atoms with Crippen molar-refractivity contribution in [3.63, 3.8) is 0 Å². The third-order valence-electron chi connectivity index (χ3n) is 4.52. The molecule has 0 spiro atoms. The van der Waals surface area contributed by atoms with Crippen molar-refractivity contribution >= 4 is 22.4 Å². The number of piperidine rings is 1. The van der Waals surface area contributed by atoms with Gasteiger partial charge in [0.05, 0.1) is 29.7 Å². The van der Waals surface area contributed by atoms with Gasteiger partial charge in [-0.1, -0.05) is 5.16 Å². The summed E-state index contributed by atoms with van der Waals surface area (Å²) >= 11 is 1.42. The molecule has 4 rings (SSSR count). The number of nitrogens with one attached hydrogen (secondary N) is 2. The lowest BCUT2D eigenvalue weighted by molar-refractivity contribution is -0.117. The monoisotopic (exact) mass is 372 g/mol. The number of H-pyrrole nitrogens is 1. The van der Waals surface area contributed by atoms with E-state index in [2.05, 4.69) is 30.6 Å². The van der Waals surface area contributed by atoms with E-state index in [1.54, 1.807) is 12.4 Å². The van der Waals surface area contributed by atoms with E-state index >= 15 is 0 Å². The van der Waals surface area contributed by atoms with Crippen molar-refractivity contribution in [3.05, 3.63) is 35.2 Å². The molecule has 1 unspecified atom stereocenters. The van der Waals surface area contributed by atoms with Crippen molar-refractivity contribution in [1.82, 2.24) is 25.2 Å². The lowest BCUT2D eigenvalue weighted by atomic mass is 9.92. The van der Waals surface area contributed by atoms with Crippen LogP contribution in [-0.2, 0) is 4.79 Å². The maximum absolute atomic E-state index is 12.2. The third kappa shape index (κ3) is 3.68. The number of rotatable bonds is 5. The number of thiazole rings is 1. The summed E-state index contributed by atoms with van der Waals surface area (Å²) < 4.78 is 5.40. The Morgan fingerprint density at radius 2 is 2.46 bits per heavy atom. The second-order valence-electron chi connectivity index (χ2n) is 6.49. The Kier molecular flexibility index (Phi) is 4.81. The molecule has 2 N–H and O–H groups in total. The van der Waals surface area contributed by atoms with Gasteiger partial charge in [0.25, 0.3) is 0 Å². The normalized spacial score (nSPS) is 18.1. The van der Waals surface area contributed by atoms with Crippen LogP contribution in [0.1, 0.15) is 30.1 Å². The summed E-state index contributed by atoms with van der Waals surface area (Å²) in [5, 5.41) is 16.6. The summed E-state index contributed by atoms with van der Waals surface area (Å²) in [6, 6.07) is 1.91. The van der Waals surface area contributed by atoms with E-state index in [0.717, 1.165) is 48.6 Å². The van der Waals surface area contributed by atoms with Gasteiger partial charge in [0.15, 0.2) is 10.9 Å². The van der Waals surface area contributed by atoms with Crippen LogP contribution in [0, 0.1) is 6.92 Å². The van der Waals surface area contributed by atoms with Gasteiger partial charge in [-0.3, -0.25) is 14.8 Å². The fourth-order valence-corrected chi connectivity index (χ4v) is 3.92. The first-order chi connectivity index (χ1) is 12.7. The molecule has 0 radical (unpaired) electrons. The smallest absolute Gasteiger partial charge is 0.240 e. The fourth-order valence-electron chi connectivity index (χ4n) is 3.38. The van der Waals surface area contributed by atoms with E-state index in [1.165, 1.54) is 11.3 Å². The second kappa shape index (κ2) is 7.38. The van der Waals surface area contributed by atoms with E-state index in [4.69, 9.17) is 4.52 Å². The number of anilines is 1. The highest BCUT2D eigenvalue weighted by Gasteiger charge is 2.27. The van der Waals surface area contributed by atoms with Crippen molar-refractivity contribution in [2.45, 2.75) is 25.7 Å². The number of amides is 1. The molecule has 1 aliphatic heterocycles. The van der Waals surface area contributed by atoms with E-state index in [0.29, 0.717) is 11.7 Å². The second-order valence-corrected chi connectivity index (χ2v) is 7.38. The first kappa shape index (κ1) is 16.9. The molecule has 3 aromatic heterocycles. The molecule has 8 nitrogen and oxygen atoms in total. The van der Waals surface area contributed by atoms with E-state index in [-0.39, 0.29) is 11.8 Å². The predicted molar refractivity (Wildman–Crippen MR) is 98.0 cm³/mol. The average Bonchev–Trinajstić information content (AvgIpc) is 3.36. The van der Waals surface area contributed by atoms with E-state index in [9.17, 15) is 4.79 Å². The molecular formula is C17H20N6O2S. The number of hydrogen-bond donors (Lipinski definition) is 2. The molecule has 1 amide bonds. The van der Waals surface area contributed by atoms with Crippen LogP contribution >= 0.6 is 11.3 Å². The Morgan fingerprint density at radius 1 is 1.54 bits per heavy atom. The molecule has 0 aliphatic carbocycles. The highest BCUT2D eigenvalue weighted by Crippen LogP contribution is 2.33. The minimum Gasteiger partial charge on any atom is -0.356 e. The Hall–Kier alpha value is -2.52. The Labute approximate surface area is 154 Å². The standard InChI is InChI=1S/C17H20N6O2S/c1-11-7-14(25-22-11)13-8-19-21-16(13)12-3-2-5-23(9-12)10-15(24)20-17-18-4-6-26-17/h4,6-8,12H,2-3,5,9-10H2,1H3,(H,19,21)(H,18,20,24). The summed E-state index contributed by atoms with van der Waals surface area (Å²) in [6.07, 6.45) is 5.54. The zero-order chi connectivity index (χ0) is 17.9. The van der Waals surface area contributed by atoms with Gasteiger partial charge in [0.1, 0.15) is 0 Å². The minimum absolute atomic E-state index is 0.0312. The SMILES string of the molecule is Cc1cc(-c2cn[nH]c2C2CCCN(CC(=O)Nc3nccs3)C2)on1. The van der Waals surface area contributed by atoms with E-state index in [1.807, 2.05) is 18.4 Å². The summed E-state index contributed by atoms with van der Waals surface area (Å²) in [5.74, 6) is 0.973. The molecule has 26 heavy (non-hydrogen) atoms. The van der Waals surface area contributed by atoms with Gasteiger partial charge in [-0.25, -0.2) is 4.98 Å². The van der Waals surface area contributed by atoms with Gasteiger partial charge < -0.3 is 9.84 Å². The minimum atomic E-state index is -0.0312. The molecule has 136 valence electrons. The molecule has 3 aromatic rings. The largest absolute Gasteiger partial charge is 0.356 e. The van der Waals surface area contributed by atoms with Crippen molar-refractivity contribution < 1.29 is 9.32 Å². The maximum atomic E-state index is 12.2. The predicted octanol–water partition coefficient (Wildman–Crippen LogP) is 2.65. The van der Waals surface area contributed by atoms with Crippen LogP contribution in [0.25, 0.3) is 11.3 Å². The third-order valence-corrected chi connectivity index (χ3v) is 5.21. The molecule has 0 bridgehead atoms. The fraction of sp³-hybridized carbons (Fsp3) is 0.412. The number of hydrogen-bond acceptors (Lipinski definition) is 7. The Balaban J connectivity index is 1.43. The molecule has 1 fully saturated rings. The van der Waals surface area contributed by atoms with Crippen LogP contribution in [0.3, 0.4) is 0 Å². The summed E-state index contributed by atoms with van der Waals surface area (Å²) in [6.45, 7) is 3.97. The molecule has 1 aliphatic rings. The van der Waals surface area contributed by atoms with Gasteiger partial charge in [0, 0.05) is 30.1 Å². The molecule has 9 heteroatoms. The van der Waals surface area contributed by atoms with Crippen molar-refractivity contribution in [1.29, 1.82) is 0 Å². The number of aromatic amines is 1. The number of aromatic nitrogens is 4. The van der Waals surface area contributed by atoms with E-state index < -0.39 is 0 Å². The molecule has 0 aromatic carbocycles. The van der Waals surface area contributed by atoms with Gasteiger partial charge >= 0.3 is 0 Å². The molecular weight excluding hydrogens is 352 g/mol. The van der Waals surface area contributed by atoms with Crippen LogP contribution < -0.4 is 5.32 Å². The van der Waals surface area contributed by atoms with Gasteiger partial charge in [-0.05, 0) is 26.3 Å². The molecule has 4 heterocycles. The van der Waals surface area contributed by atoms with Crippen LogP contribution in [0.4, 0.5) is 5.13 Å². The lowest BCUT2D eigenvalue weighted by Gasteiger charge is -2.31. The van der Waals surface area contributed by atoms with Crippen LogP contribution in [0.2, 0.25) is 0 Å². The van der Waals surface area contributed by atoms with Gasteiger partial charge in [-0.15, -0.1) is 11.3 Å². The molecule has 1 saturated heterocycles. The maximum Gasteiger partial charge on any atom is 0.240 e. The lowest BCUT2D eigenvalue weighted by Crippen LogP contribution is -2.40. The summed E-state index contributed by atoms with van der Waals surface area (Å²) in [5.41, 5.74) is 2.84. The zero-order valence-electron chi connectivity index (χ0n) is 14.4. The number of nitrogens with zero attached hydrogens (tertiary/aromatic N) is 4. The molecule has 1 atom stereocenters. The number of likely N-dealkylation sites (tertiary alicyclic amines) is 1. The first-order valence-corrected chi connectivity index (χ1v) is 9.45. The van der Waals surface area contributed by atoms with Crippen LogP contribution in [0.15, 0.2) is 28.4 Å². The van der Waals surface area contributed by atoms with Crippen molar-refractivity contribution in [3.8, 4) is 11.3 Å². The highest BCUT2D eigenvalue weighted by atomic mass is 32.1. The van der Waals surface area contributed by atoms with Gasteiger partial charge in [0.2, 0.25) is 5.91 Å². The quantitative estimate of drug-likeness (QED) is 0.714. The Morgan fingerprint density at radius 3 is 3.23 bits per heavy atom. The van der Waals surface area contributed by atoms with Gasteiger partial charge in [-0.2, -0.15) is 5.10 Å². The Bertz CT molecular complexity index is 872. The average molecular weight is 372 g/mol. The highest BCUT2D eigenvalue weighted by molar-refractivity contribution is 7.13. The summed E-state index contributed by atoms with van der Waals surface area (Å²) in [4.78, 5) is 18.5. The number of aryl methyl sites for hydroxylation is 1. The van der Waals surface area contributed by atoms with Crippen molar-refractivity contribution in [2.24, 2.45) is 0 Å². The van der Waals surface area contributed by atoms with Crippen LogP contribution in [-0.4, -0.2) is 50.8 Å². The van der Waals surface area contributed by atoms with Crippen molar-refractivity contribution in [2.75, 3.05) is 25.0 Å². The number of carbonyl (C=O) groups is 1. The summed E-state index contributed by atoms with van der Waals surface area (Å²) in [7, 11) is 0. The topological polar surface area (TPSA) is 99.9 Å². The molecule has 0 saturated carbocycles. The first-order valence-electron chi connectivity index (χ1n) is 8.57.